The molecule has 0 saturated heterocycles. The van der Waals surface area contributed by atoms with E-state index in [4.69, 9.17) is 16.3 Å². The zero-order chi connectivity index (χ0) is 19.7. The Balaban J connectivity index is 1.49. The number of ether oxygens (including phenoxy) is 1. The van der Waals surface area contributed by atoms with Gasteiger partial charge in [-0.1, -0.05) is 54.8 Å². The van der Waals surface area contributed by atoms with Gasteiger partial charge >= 0.3 is 5.97 Å². The number of nitrogens with zero attached hydrogens (tertiary/aromatic N) is 1. The highest BCUT2D eigenvalue weighted by Gasteiger charge is 2.44. The Bertz CT molecular complexity index is 887. The minimum Gasteiger partial charge on any atom is -0.455 e. The Hall–Kier alpha value is -2.33. The standard InChI is InChI=1S/C23H24ClNO3/c1-16-14-17-6-2-3-7-20(17)25(16)21(26)15-28-22(27)23(12-4-5-13-23)18-8-10-19(24)11-9-18/h2-3,6-11,16H,4-5,12-15H2,1H3. The van der Waals surface area contributed by atoms with Gasteiger partial charge in [0.1, 0.15) is 0 Å². The van der Waals surface area contributed by atoms with Crippen LogP contribution in [-0.2, 0) is 26.2 Å². The molecule has 4 rings (SSSR count). The molecule has 1 saturated carbocycles. The number of carbonyl (C=O) groups is 2. The Morgan fingerprint density at radius 1 is 1.11 bits per heavy atom. The maximum Gasteiger partial charge on any atom is 0.317 e. The van der Waals surface area contributed by atoms with E-state index in [1.165, 1.54) is 0 Å². The van der Waals surface area contributed by atoms with Crippen molar-refractivity contribution in [1.82, 2.24) is 0 Å². The molecule has 2 aliphatic rings. The molecule has 1 heterocycles. The van der Waals surface area contributed by atoms with Crippen LogP contribution in [0.2, 0.25) is 5.02 Å². The second kappa shape index (κ2) is 7.59. The molecule has 4 nitrogen and oxygen atoms in total. The predicted octanol–water partition coefficient (Wildman–Crippen LogP) is 4.67. The van der Waals surface area contributed by atoms with Crippen LogP contribution in [0.4, 0.5) is 5.69 Å². The van der Waals surface area contributed by atoms with E-state index in [1.54, 1.807) is 17.0 Å². The molecule has 1 atom stereocenters. The number of anilines is 1. The molecular weight excluding hydrogens is 374 g/mol. The minimum atomic E-state index is -0.667. The summed E-state index contributed by atoms with van der Waals surface area (Å²) in [5.41, 5.74) is 2.33. The zero-order valence-electron chi connectivity index (χ0n) is 16.0. The molecule has 0 radical (unpaired) electrons. The van der Waals surface area contributed by atoms with Gasteiger partial charge in [0.15, 0.2) is 6.61 Å². The van der Waals surface area contributed by atoms with Crippen LogP contribution in [0.1, 0.15) is 43.7 Å². The van der Waals surface area contributed by atoms with Crippen LogP contribution < -0.4 is 4.90 Å². The fraction of sp³-hybridized carbons (Fsp3) is 0.391. The molecule has 2 aromatic carbocycles. The van der Waals surface area contributed by atoms with E-state index in [0.29, 0.717) is 5.02 Å². The Morgan fingerprint density at radius 3 is 2.50 bits per heavy atom. The van der Waals surface area contributed by atoms with Crippen LogP contribution in [0.25, 0.3) is 0 Å². The minimum absolute atomic E-state index is 0.0697. The maximum atomic E-state index is 13.1. The lowest BCUT2D eigenvalue weighted by Crippen LogP contribution is -2.41. The quantitative estimate of drug-likeness (QED) is 0.704. The number of rotatable bonds is 4. The van der Waals surface area contributed by atoms with Gasteiger partial charge in [-0.3, -0.25) is 9.59 Å². The van der Waals surface area contributed by atoms with Crippen molar-refractivity contribution in [3.05, 3.63) is 64.7 Å². The lowest BCUT2D eigenvalue weighted by Gasteiger charge is -2.28. The van der Waals surface area contributed by atoms with Crippen LogP contribution in [0, 0.1) is 0 Å². The molecule has 0 bridgehead atoms. The number of hydrogen-bond acceptors (Lipinski definition) is 3. The fourth-order valence-corrected chi connectivity index (χ4v) is 4.76. The van der Waals surface area contributed by atoms with E-state index in [0.717, 1.165) is 48.9 Å². The lowest BCUT2D eigenvalue weighted by atomic mass is 9.79. The topological polar surface area (TPSA) is 46.6 Å². The highest BCUT2D eigenvalue weighted by atomic mass is 35.5. The number of benzene rings is 2. The average Bonchev–Trinajstić information content (AvgIpc) is 3.31. The molecule has 0 spiro atoms. The summed E-state index contributed by atoms with van der Waals surface area (Å²) in [6.07, 6.45) is 4.25. The average molecular weight is 398 g/mol. The van der Waals surface area contributed by atoms with Crippen molar-refractivity contribution in [2.45, 2.75) is 50.5 Å². The number of amides is 1. The number of carbonyl (C=O) groups excluding carboxylic acids is 2. The zero-order valence-corrected chi connectivity index (χ0v) is 16.7. The molecule has 5 heteroatoms. The third kappa shape index (κ3) is 3.30. The Kier molecular flexibility index (Phi) is 5.15. The molecule has 1 aliphatic carbocycles. The molecule has 0 N–H and O–H groups in total. The Labute approximate surface area is 170 Å². The van der Waals surface area contributed by atoms with Crippen LogP contribution in [0.5, 0.6) is 0 Å². The first-order valence-corrected chi connectivity index (χ1v) is 10.2. The van der Waals surface area contributed by atoms with Crippen molar-refractivity contribution in [3.63, 3.8) is 0 Å². The van der Waals surface area contributed by atoms with Crippen LogP contribution >= 0.6 is 11.6 Å². The van der Waals surface area contributed by atoms with Crippen molar-refractivity contribution in [3.8, 4) is 0 Å². The molecule has 146 valence electrons. The monoisotopic (exact) mass is 397 g/mol. The van der Waals surface area contributed by atoms with Gasteiger partial charge in [-0.2, -0.15) is 0 Å². The normalized spacial score (nSPS) is 20.1. The van der Waals surface area contributed by atoms with Gasteiger partial charge in [-0.05, 0) is 55.5 Å². The third-order valence-corrected chi connectivity index (χ3v) is 6.30. The van der Waals surface area contributed by atoms with E-state index < -0.39 is 5.41 Å². The van der Waals surface area contributed by atoms with Crippen LogP contribution in [-0.4, -0.2) is 24.5 Å². The summed E-state index contributed by atoms with van der Waals surface area (Å²) in [5.74, 6) is -0.476. The summed E-state index contributed by atoms with van der Waals surface area (Å²) in [6.45, 7) is 1.79. The largest absolute Gasteiger partial charge is 0.455 e. The molecule has 28 heavy (non-hydrogen) atoms. The number of esters is 1. The number of para-hydroxylation sites is 1. The van der Waals surface area contributed by atoms with Crippen molar-refractivity contribution < 1.29 is 14.3 Å². The first kappa shape index (κ1) is 19.0. The summed E-state index contributed by atoms with van der Waals surface area (Å²) in [4.78, 5) is 27.7. The smallest absolute Gasteiger partial charge is 0.317 e. The van der Waals surface area contributed by atoms with Gasteiger partial charge in [0, 0.05) is 16.8 Å². The van der Waals surface area contributed by atoms with E-state index in [9.17, 15) is 9.59 Å². The van der Waals surface area contributed by atoms with Crippen molar-refractivity contribution in [1.29, 1.82) is 0 Å². The summed E-state index contributed by atoms with van der Waals surface area (Å²) in [7, 11) is 0. The Morgan fingerprint density at radius 2 is 1.79 bits per heavy atom. The predicted molar refractivity (Wildman–Crippen MR) is 110 cm³/mol. The number of hydrogen-bond donors (Lipinski definition) is 0. The van der Waals surface area contributed by atoms with Gasteiger partial charge in [0.05, 0.1) is 5.41 Å². The molecule has 2 aromatic rings. The molecule has 1 amide bonds. The summed E-state index contributed by atoms with van der Waals surface area (Å²) < 4.78 is 5.59. The molecule has 1 aliphatic heterocycles. The van der Waals surface area contributed by atoms with Crippen molar-refractivity contribution in [2.24, 2.45) is 0 Å². The summed E-state index contributed by atoms with van der Waals surface area (Å²) >= 11 is 6.01. The number of fused-ring (bicyclic) bond motifs is 1. The number of halogens is 1. The fourth-order valence-electron chi connectivity index (χ4n) is 4.64. The molecule has 1 unspecified atom stereocenters. The molecular formula is C23H24ClNO3. The molecule has 1 fully saturated rings. The van der Waals surface area contributed by atoms with Gasteiger partial charge in [-0.25, -0.2) is 0 Å². The van der Waals surface area contributed by atoms with Gasteiger partial charge in [0.25, 0.3) is 5.91 Å². The van der Waals surface area contributed by atoms with Gasteiger partial charge < -0.3 is 9.64 Å². The second-order valence-electron chi connectivity index (χ2n) is 7.82. The van der Waals surface area contributed by atoms with E-state index in [1.807, 2.05) is 43.3 Å². The van der Waals surface area contributed by atoms with Crippen LogP contribution in [0.3, 0.4) is 0 Å². The highest BCUT2D eigenvalue weighted by molar-refractivity contribution is 6.30. The maximum absolute atomic E-state index is 13.1. The van der Waals surface area contributed by atoms with Gasteiger partial charge in [-0.15, -0.1) is 0 Å². The van der Waals surface area contributed by atoms with Gasteiger partial charge in [0.2, 0.25) is 0 Å². The van der Waals surface area contributed by atoms with Crippen molar-refractivity contribution in [2.75, 3.05) is 11.5 Å². The lowest BCUT2D eigenvalue weighted by molar-refractivity contribution is -0.153. The van der Waals surface area contributed by atoms with E-state index in [2.05, 4.69) is 0 Å². The van der Waals surface area contributed by atoms with E-state index >= 15 is 0 Å². The first-order valence-electron chi connectivity index (χ1n) is 9.84. The molecule has 0 aromatic heterocycles. The van der Waals surface area contributed by atoms with E-state index in [-0.39, 0.29) is 24.5 Å². The SMILES string of the molecule is CC1Cc2ccccc2N1C(=O)COC(=O)C1(c2ccc(Cl)cc2)CCCC1. The van der Waals surface area contributed by atoms with Crippen molar-refractivity contribution >= 4 is 29.2 Å². The summed E-state index contributed by atoms with van der Waals surface area (Å²) in [5, 5.41) is 0.641. The third-order valence-electron chi connectivity index (χ3n) is 6.05. The van der Waals surface area contributed by atoms with Crippen LogP contribution in [0.15, 0.2) is 48.5 Å². The second-order valence-corrected chi connectivity index (χ2v) is 8.25. The summed E-state index contributed by atoms with van der Waals surface area (Å²) in [6, 6.07) is 15.4. The first-order chi connectivity index (χ1) is 13.5. The highest BCUT2D eigenvalue weighted by Crippen LogP contribution is 2.42.